The van der Waals surface area contributed by atoms with Gasteiger partial charge in [-0.2, -0.15) is 0 Å². The molecule has 0 spiro atoms. The number of hydrogen-bond donors (Lipinski definition) is 1. The molecule has 1 saturated heterocycles. The molecule has 3 heterocycles. The quantitative estimate of drug-likeness (QED) is 0.784. The Balaban J connectivity index is 1.35. The zero-order valence-corrected chi connectivity index (χ0v) is 13.7. The van der Waals surface area contributed by atoms with Crippen LogP contribution in [0.1, 0.15) is 11.9 Å². The van der Waals surface area contributed by atoms with Crippen LogP contribution in [-0.4, -0.2) is 52.7 Å². The highest BCUT2D eigenvalue weighted by molar-refractivity contribution is 5.77. The Bertz CT molecular complexity index is 811. The third kappa shape index (κ3) is 3.47. The third-order valence-electron chi connectivity index (χ3n) is 4.47. The summed E-state index contributed by atoms with van der Waals surface area (Å²) in [5.74, 6) is 0.695. The Hall–Kier alpha value is -2.51. The Morgan fingerprint density at radius 2 is 1.84 bits per heavy atom. The summed E-state index contributed by atoms with van der Waals surface area (Å²) in [7, 11) is 0. The van der Waals surface area contributed by atoms with Crippen molar-refractivity contribution in [3.8, 4) is 0 Å². The molecule has 25 heavy (non-hydrogen) atoms. The van der Waals surface area contributed by atoms with Crippen LogP contribution < -0.4 is 4.90 Å². The molecular weight excluding hydrogens is 323 g/mol. The van der Waals surface area contributed by atoms with Crippen LogP contribution in [0.15, 0.2) is 47.1 Å². The van der Waals surface area contributed by atoms with Crippen molar-refractivity contribution in [3.05, 3.63) is 54.3 Å². The van der Waals surface area contributed by atoms with Crippen molar-refractivity contribution in [3.63, 3.8) is 0 Å². The number of halogens is 1. The van der Waals surface area contributed by atoms with Gasteiger partial charge in [-0.05, 0) is 12.1 Å². The van der Waals surface area contributed by atoms with Crippen LogP contribution in [0, 0.1) is 5.82 Å². The molecule has 2 aromatic heterocycles. The fourth-order valence-electron chi connectivity index (χ4n) is 3.10. The van der Waals surface area contributed by atoms with Gasteiger partial charge < -0.3 is 14.4 Å². The summed E-state index contributed by atoms with van der Waals surface area (Å²) < 4.78 is 18.6. The van der Waals surface area contributed by atoms with Gasteiger partial charge in [-0.25, -0.2) is 14.4 Å². The minimum Gasteiger partial charge on any atom is -0.458 e. The van der Waals surface area contributed by atoms with Crippen LogP contribution >= 0.6 is 0 Å². The first-order chi connectivity index (χ1) is 12.2. The summed E-state index contributed by atoms with van der Waals surface area (Å²) in [6.07, 6.45) is 1.70. The second-order valence-electron chi connectivity index (χ2n) is 6.19. The topological polar surface area (TPSA) is 65.6 Å². The van der Waals surface area contributed by atoms with Gasteiger partial charge in [0.25, 0.3) is 0 Å². The second kappa shape index (κ2) is 6.78. The van der Waals surface area contributed by atoms with Crippen LogP contribution in [0.25, 0.3) is 11.0 Å². The highest BCUT2D eigenvalue weighted by atomic mass is 19.1. The Morgan fingerprint density at radius 3 is 2.56 bits per heavy atom. The molecule has 130 valence electrons. The monoisotopic (exact) mass is 342 g/mol. The number of fused-ring (bicyclic) bond motifs is 1. The van der Waals surface area contributed by atoms with Gasteiger partial charge >= 0.3 is 0 Å². The van der Waals surface area contributed by atoms with Gasteiger partial charge in [0.1, 0.15) is 17.4 Å². The van der Waals surface area contributed by atoms with Crippen molar-refractivity contribution in [1.29, 1.82) is 0 Å². The number of para-hydroxylation sites is 1. The molecule has 0 bridgehead atoms. The van der Waals surface area contributed by atoms with Gasteiger partial charge in [-0.1, -0.05) is 18.2 Å². The van der Waals surface area contributed by atoms with E-state index in [1.165, 1.54) is 12.4 Å². The van der Waals surface area contributed by atoms with Gasteiger partial charge in [-0.15, -0.1) is 0 Å². The van der Waals surface area contributed by atoms with Crippen molar-refractivity contribution < 1.29 is 13.9 Å². The number of aliphatic hydroxyl groups is 1. The summed E-state index contributed by atoms with van der Waals surface area (Å²) in [4.78, 5) is 12.2. The van der Waals surface area contributed by atoms with E-state index in [-0.39, 0.29) is 0 Å². The molecule has 0 unspecified atom stereocenters. The summed E-state index contributed by atoms with van der Waals surface area (Å²) in [6.45, 7) is 3.53. The molecule has 4 rings (SSSR count). The molecule has 1 fully saturated rings. The number of aliphatic hydroxyl groups excluding tert-OH is 1. The van der Waals surface area contributed by atoms with E-state index in [4.69, 9.17) is 4.42 Å². The van der Waals surface area contributed by atoms with E-state index in [0.717, 1.165) is 37.1 Å². The SMILES string of the molecule is O[C@H](CN1CCN(c2ncc(F)cn2)CC1)c1cc2ccccc2o1. The molecule has 7 heteroatoms. The fraction of sp³-hybridized carbons (Fsp3) is 0.333. The number of rotatable bonds is 4. The molecule has 1 aromatic carbocycles. The first-order valence-corrected chi connectivity index (χ1v) is 8.30. The van der Waals surface area contributed by atoms with Crippen molar-refractivity contribution >= 4 is 16.9 Å². The van der Waals surface area contributed by atoms with Crippen LogP contribution in [0.2, 0.25) is 0 Å². The number of hydrogen-bond acceptors (Lipinski definition) is 6. The van der Waals surface area contributed by atoms with Crippen molar-refractivity contribution in [2.24, 2.45) is 0 Å². The second-order valence-corrected chi connectivity index (χ2v) is 6.19. The van der Waals surface area contributed by atoms with E-state index in [2.05, 4.69) is 14.9 Å². The Morgan fingerprint density at radius 1 is 1.12 bits per heavy atom. The predicted octanol–water partition coefficient (Wildman–Crippen LogP) is 2.22. The first-order valence-electron chi connectivity index (χ1n) is 8.30. The maximum absolute atomic E-state index is 12.9. The molecule has 1 aliphatic rings. The van der Waals surface area contributed by atoms with E-state index in [9.17, 15) is 9.50 Å². The van der Waals surface area contributed by atoms with Crippen LogP contribution in [0.5, 0.6) is 0 Å². The van der Waals surface area contributed by atoms with Crippen molar-refractivity contribution in [2.45, 2.75) is 6.10 Å². The van der Waals surface area contributed by atoms with Crippen molar-refractivity contribution in [2.75, 3.05) is 37.6 Å². The van der Waals surface area contributed by atoms with Gasteiger partial charge in [0, 0.05) is 38.1 Å². The lowest BCUT2D eigenvalue weighted by molar-refractivity contribution is 0.0928. The van der Waals surface area contributed by atoms with Gasteiger partial charge in [0.2, 0.25) is 5.95 Å². The maximum atomic E-state index is 12.9. The first kappa shape index (κ1) is 16.0. The Labute approximate surface area is 144 Å². The predicted molar refractivity (Wildman–Crippen MR) is 91.8 cm³/mol. The molecule has 1 atom stereocenters. The van der Waals surface area contributed by atoms with E-state index < -0.39 is 11.9 Å². The minimum atomic E-state index is -0.666. The van der Waals surface area contributed by atoms with Crippen molar-refractivity contribution in [1.82, 2.24) is 14.9 Å². The molecule has 0 radical (unpaired) electrons. The maximum Gasteiger partial charge on any atom is 0.225 e. The third-order valence-corrected chi connectivity index (χ3v) is 4.47. The lowest BCUT2D eigenvalue weighted by atomic mass is 10.2. The summed E-state index contributed by atoms with van der Waals surface area (Å²) >= 11 is 0. The number of β-amino-alcohol motifs (C(OH)–C–C–N with tert-alkyl or cyclic N) is 1. The molecule has 0 saturated carbocycles. The summed E-state index contributed by atoms with van der Waals surface area (Å²) in [6, 6.07) is 9.62. The lowest BCUT2D eigenvalue weighted by Crippen LogP contribution is -2.48. The van der Waals surface area contributed by atoms with Crippen LogP contribution in [0.3, 0.4) is 0 Å². The van der Waals surface area contributed by atoms with E-state index >= 15 is 0 Å². The van der Waals surface area contributed by atoms with Gasteiger partial charge in [-0.3, -0.25) is 4.90 Å². The number of piperazine rings is 1. The fourth-order valence-corrected chi connectivity index (χ4v) is 3.10. The highest BCUT2D eigenvalue weighted by Gasteiger charge is 2.23. The van der Waals surface area contributed by atoms with E-state index in [1.807, 2.05) is 35.2 Å². The summed E-state index contributed by atoms with van der Waals surface area (Å²) in [5, 5.41) is 11.5. The minimum absolute atomic E-state index is 0.434. The van der Waals surface area contributed by atoms with E-state index in [0.29, 0.717) is 18.3 Å². The zero-order valence-electron chi connectivity index (χ0n) is 13.7. The van der Waals surface area contributed by atoms with E-state index in [1.54, 1.807) is 0 Å². The molecule has 0 aliphatic carbocycles. The molecular formula is C18H19FN4O2. The number of anilines is 1. The number of benzene rings is 1. The zero-order chi connectivity index (χ0) is 17.2. The van der Waals surface area contributed by atoms with Crippen LogP contribution in [0.4, 0.5) is 10.3 Å². The largest absolute Gasteiger partial charge is 0.458 e. The Kier molecular flexibility index (Phi) is 4.33. The average molecular weight is 342 g/mol. The molecule has 0 amide bonds. The van der Waals surface area contributed by atoms with Gasteiger partial charge in [0.05, 0.1) is 12.4 Å². The number of furan rings is 1. The highest BCUT2D eigenvalue weighted by Crippen LogP contribution is 2.24. The number of aromatic nitrogens is 2. The smallest absolute Gasteiger partial charge is 0.225 e. The molecule has 6 nitrogen and oxygen atoms in total. The van der Waals surface area contributed by atoms with Gasteiger partial charge in [0.15, 0.2) is 5.82 Å². The number of nitrogens with zero attached hydrogens (tertiary/aromatic N) is 4. The molecule has 1 aliphatic heterocycles. The van der Waals surface area contributed by atoms with Crippen LogP contribution in [-0.2, 0) is 0 Å². The normalized spacial score (nSPS) is 17.1. The standard InChI is InChI=1S/C18H19FN4O2/c19-14-10-20-18(21-11-14)23-7-5-22(6-8-23)12-15(24)17-9-13-3-1-2-4-16(13)25-17/h1-4,9-11,15,24H,5-8,12H2/t15-/m1/s1. The molecule has 3 aromatic rings. The molecule has 1 N–H and O–H groups in total. The lowest BCUT2D eigenvalue weighted by Gasteiger charge is -2.35. The summed E-state index contributed by atoms with van der Waals surface area (Å²) in [5.41, 5.74) is 0.787. The average Bonchev–Trinajstić information content (AvgIpc) is 3.07.